The Morgan fingerprint density at radius 1 is 1.26 bits per heavy atom. The molecule has 1 fully saturated rings. The van der Waals surface area contributed by atoms with Gasteiger partial charge in [0, 0.05) is 18.1 Å². The van der Waals surface area contributed by atoms with Crippen molar-refractivity contribution in [3.63, 3.8) is 0 Å². The number of carbonyl (C=O) groups is 2. The van der Waals surface area contributed by atoms with E-state index in [-0.39, 0.29) is 18.0 Å². The summed E-state index contributed by atoms with van der Waals surface area (Å²) in [5.41, 5.74) is 1.19. The zero-order valence-corrected chi connectivity index (χ0v) is 21.4. The second-order valence-electron chi connectivity index (χ2n) is 7.86. The maximum atomic E-state index is 13.3. The topological polar surface area (TPSA) is 98.0 Å². The maximum absolute atomic E-state index is 13.3. The SMILES string of the molecule is C=CCn1c(=NC(=O)C2CCCN2S(=O)(=O)c2ccc(Cl)cc2)sc2cc(C(=O)OCC)ccc21. The quantitative estimate of drug-likeness (QED) is 0.338. The summed E-state index contributed by atoms with van der Waals surface area (Å²) in [6, 6.07) is 10.1. The molecule has 1 amide bonds. The molecule has 3 aromatic rings. The number of halogens is 1. The third-order valence-electron chi connectivity index (χ3n) is 5.62. The van der Waals surface area contributed by atoms with Gasteiger partial charge in [-0.2, -0.15) is 9.30 Å². The highest BCUT2D eigenvalue weighted by Gasteiger charge is 2.39. The van der Waals surface area contributed by atoms with Crippen molar-refractivity contribution in [3.05, 3.63) is 70.5 Å². The molecule has 11 heteroatoms. The van der Waals surface area contributed by atoms with E-state index in [1.165, 1.54) is 39.9 Å². The van der Waals surface area contributed by atoms with Crippen LogP contribution in [0.25, 0.3) is 10.2 Å². The molecule has 35 heavy (non-hydrogen) atoms. The van der Waals surface area contributed by atoms with Gasteiger partial charge in [-0.1, -0.05) is 29.0 Å². The molecule has 0 spiro atoms. The van der Waals surface area contributed by atoms with E-state index in [0.717, 1.165) is 10.2 Å². The standard InChI is InChI=1S/C24H24ClN3O5S2/c1-3-13-27-19-12-7-16(23(30)33-4-2)15-21(19)34-24(27)26-22(29)20-6-5-14-28(20)35(31,32)18-10-8-17(25)9-11-18/h3,7-12,15,20H,1,4-6,13-14H2,2H3. The molecule has 1 aliphatic heterocycles. The number of esters is 1. The van der Waals surface area contributed by atoms with Crippen LogP contribution in [0.4, 0.5) is 0 Å². The van der Waals surface area contributed by atoms with Crippen molar-refractivity contribution in [1.82, 2.24) is 8.87 Å². The molecular formula is C24H24ClN3O5S2. The average molecular weight is 534 g/mol. The van der Waals surface area contributed by atoms with Crippen molar-refractivity contribution < 1.29 is 22.7 Å². The number of carbonyl (C=O) groups excluding carboxylic acids is 2. The molecule has 0 N–H and O–H groups in total. The van der Waals surface area contributed by atoms with Gasteiger partial charge in [-0.05, 0) is 62.2 Å². The number of nitrogens with zero attached hydrogens (tertiary/aromatic N) is 3. The molecule has 2 heterocycles. The summed E-state index contributed by atoms with van der Waals surface area (Å²) in [5.74, 6) is -0.961. The molecule has 2 aromatic carbocycles. The molecule has 1 saturated heterocycles. The maximum Gasteiger partial charge on any atom is 0.338 e. The summed E-state index contributed by atoms with van der Waals surface area (Å²) >= 11 is 7.14. The van der Waals surface area contributed by atoms with Crippen LogP contribution in [0.2, 0.25) is 5.02 Å². The van der Waals surface area contributed by atoms with Crippen LogP contribution in [0.3, 0.4) is 0 Å². The summed E-state index contributed by atoms with van der Waals surface area (Å²) in [4.78, 5) is 30.2. The van der Waals surface area contributed by atoms with Crippen molar-refractivity contribution in [3.8, 4) is 0 Å². The highest BCUT2D eigenvalue weighted by Crippen LogP contribution is 2.28. The Hall–Kier alpha value is -2.79. The van der Waals surface area contributed by atoms with Gasteiger partial charge in [0.2, 0.25) is 10.0 Å². The predicted molar refractivity (Wildman–Crippen MR) is 135 cm³/mol. The Kier molecular flexibility index (Phi) is 7.56. The number of amides is 1. The fourth-order valence-corrected chi connectivity index (χ4v) is 6.85. The minimum atomic E-state index is -3.88. The first kappa shape index (κ1) is 25.3. The zero-order valence-electron chi connectivity index (χ0n) is 19.0. The van der Waals surface area contributed by atoms with Crippen molar-refractivity contribution in [1.29, 1.82) is 0 Å². The van der Waals surface area contributed by atoms with E-state index < -0.39 is 27.9 Å². The van der Waals surface area contributed by atoms with Gasteiger partial charge >= 0.3 is 5.97 Å². The normalized spacial score (nSPS) is 17.1. The van der Waals surface area contributed by atoms with Gasteiger partial charge in [-0.25, -0.2) is 13.2 Å². The van der Waals surface area contributed by atoms with Crippen LogP contribution in [-0.4, -0.2) is 48.4 Å². The van der Waals surface area contributed by atoms with Crippen molar-refractivity contribution >= 4 is 55.1 Å². The van der Waals surface area contributed by atoms with E-state index in [2.05, 4.69) is 11.6 Å². The first-order valence-electron chi connectivity index (χ1n) is 11.0. The minimum absolute atomic E-state index is 0.0803. The molecular weight excluding hydrogens is 510 g/mol. The second-order valence-corrected chi connectivity index (χ2v) is 11.2. The second kappa shape index (κ2) is 10.4. The fourth-order valence-electron chi connectivity index (χ4n) is 3.99. The smallest absolute Gasteiger partial charge is 0.338 e. The Morgan fingerprint density at radius 2 is 2.00 bits per heavy atom. The Morgan fingerprint density at radius 3 is 2.69 bits per heavy atom. The summed E-state index contributed by atoms with van der Waals surface area (Å²) in [6.07, 6.45) is 2.62. The van der Waals surface area contributed by atoms with Gasteiger partial charge in [0.1, 0.15) is 6.04 Å². The summed E-state index contributed by atoms with van der Waals surface area (Å²) in [6.45, 7) is 6.41. The van der Waals surface area contributed by atoms with Crippen LogP contribution in [0.5, 0.6) is 0 Å². The van der Waals surface area contributed by atoms with E-state index in [9.17, 15) is 18.0 Å². The predicted octanol–water partition coefficient (Wildman–Crippen LogP) is 4.00. The summed E-state index contributed by atoms with van der Waals surface area (Å²) < 4.78 is 35.3. The number of thiazole rings is 1. The number of hydrogen-bond acceptors (Lipinski definition) is 6. The van der Waals surface area contributed by atoms with Crippen LogP contribution in [0.1, 0.15) is 30.1 Å². The van der Waals surface area contributed by atoms with Crippen LogP contribution in [-0.2, 0) is 26.1 Å². The van der Waals surface area contributed by atoms with Gasteiger partial charge in [-0.3, -0.25) is 4.79 Å². The van der Waals surface area contributed by atoms with Crippen LogP contribution < -0.4 is 4.80 Å². The third kappa shape index (κ3) is 5.11. The van der Waals surface area contributed by atoms with E-state index in [4.69, 9.17) is 16.3 Å². The van der Waals surface area contributed by atoms with Crippen LogP contribution in [0.15, 0.2) is 65.0 Å². The Labute approximate surface area is 212 Å². The number of allylic oxidation sites excluding steroid dienone is 1. The molecule has 4 rings (SSSR count). The number of aromatic nitrogens is 1. The van der Waals surface area contributed by atoms with Crippen molar-refractivity contribution in [2.24, 2.45) is 4.99 Å². The van der Waals surface area contributed by atoms with E-state index in [0.29, 0.717) is 34.8 Å². The monoisotopic (exact) mass is 533 g/mol. The van der Waals surface area contributed by atoms with Gasteiger partial charge < -0.3 is 9.30 Å². The number of benzene rings is 2. The molecule has 184 valence electrons. The lowest BCUT2D eigenvalue weighted by Gasteiger charge is -2.21. The lowest BCUT2D eigenvalue weighted by atomic mass is 10.2. The highest BCUT2D eigenvalue weighted by atomic mass is 35.5. The van der Waals surface area contributed by atoms with E-state index >= 15 is 0 Å². The molecule has 8 nitrogen and oxygen atoms in total. The third-order valence-corrected chi connectivity index (χ3v) is 8.84. The van der Waals surface area contributed by atoms with Crippen molar-refractivity contribution in [2.75, 3.05) is 13.2 Å². The number of ether oxygens (including phenoxy) is 1. The van der Waals surface area contributed by atoms with E-state index in [1.54, 1.807) is 31.2 Å². The van der Waals surface area contributed by atoms with Gasteiger partial charge in [-0.15, -0.1) is 6.58 Å². The molecule has 0 bridgehead atoms. The lowest BCUT2D eigenvalue weighted by Crippen LogP contribution is -2.40. The minimum Gasteiger partial charge on any atom is -0.462 e. The number of fused-ring (bicyclic) bond motifs is 1. The summed E-state index contributed by atoms with van der Waals surface area (Å²) in [7, 11) is -3.88. The van der Waals surface area contributed by atoms with Crippen molar-refractivity contribution in [2.45, 2.75) is 37.2 Å². The first-order chi connectivity index (χ1) is 16.8. The molecule has 0 radical (unpaired) electrons. The highest BCUT2D eigenvalue weighted by molar-refractivity contribution is 7.89. The molecule has 0 aliphatic carbocycles. The molecule has 1 atom stereocenters. The molecule has 0 saturated carbocycles. The largest absolute Gasteiger partial charge is 0.462 e. The molecule has 1 aromatic heterocycles. The number of sulfonamides is 1. The van der Waals surface area contributed by atoms with E-state index in [1.807, 2.05) is 4.57 Å². The fraction of sp³-hybridized carbons (Fsp3) is 0.292. The van der Waals surface area contributed by atoms with Gasteiger partial charge in [0.05, 0.1) is 27.3 Å². The number of hydrogen-bond donors (Lipinski definition) is 0. The first-order valence-corrected chi connectivity index (χ1v) is 13.7. The Bertz CT molecular complexity index is 1460. The van der Waals surface area contributed by atoms with Gasteiger partial charge in [0.25, 0.3) is 5.91 Å². The molecule has 1 unspecified atom stereocenters. The lowest BCUT2D eigenvalue weighted by molar-refractivity contribution is -0.121. The van der Waals surface area contributed by atoms with Crippen LogP contribution in [0, 0.1) is 0 Å². The number of rotatable bonds is 7. The molecule has 1 aliphatic rings. The summed E-state index contributed by atoms with van der Waals surface area (Å²) in [5, 5.41) is 0.427. The Balaban J connectivity index is 1.71. The van der Waals surface area contributed by atoms with Gasteiger partial charge in [0.15, 0.2) is 4.80 Å². The zero-order chi connectivity index (χ0) is 25.2. The average Bonchev–Trinajstić information content (AvgIpc) is 3.45. The van der Waals surface area contributed by atoms with Crippen LogP contribution >= 0.6 is 22.9 Å².